The molecule has 0 fully saturated rings. The molecule has 2 amide bonds. The molecule has 194 valence electrons. The van der Waals surface area contributed by atoms with Crippen LogP contribution in [0.3, 0.4) is 0 Å². The summed E-state index contributed by atoms with van der Waals surface area (Å²) in [5.41, 5.74) is 7.19. The minimum Gasteiger partial charge on any atom is -0.490 e. The van der Waals surface area contributed by atoms with Crippen molar-refractivity contribution in [2.45, 2.75) is 34.1 Å². The van der Waals surface area contributed by atoms with E-state index in [1.807, 2.05) is 57.2 Å². The molecule has 0 saturated carbocycles. The number of hydrogen-bond acceptors (Lipinski definition) is 6. The third kappa shape index (κ3) is 9.00. The average molecular weight is 504 g/mol. The van der Waals surface area contributed by atoms with Crippen LogP contribution in [0.2, 0.25) is 0 Å². The molecule has 0 aliphatic heterocycles. The van der Waals surface area contributed by atoms with Gasteiger partial charge in [0.25, 0.3) is 11.8 Å². The third-order valence-corrected chi connectivity index (χ3v) is 5.25. The Labute approximate surface area is 217 Å². The van der Waals surface area contributed by atoms with Crippen molar-refractivity contribution in [1.29, 1.82) is 0 Å². The van der Waals surface area contributed by atoms with Gasteiger partial charge in [-0.25, -0.2) is 5.43 Å². The molecule has 8 nitrogen and oxygen atoms in total. The molecule has 0 radical (unpaired) electrons. The number of carbonyl (C=O) groups is 2. The van der Waals surface area contributed by atoms with Gasteiger partial charge in [-0.15, -0.1) is 0 Å². The van der Waals surface area contributed by atoms with Crippen molar-refractivity contribution in [2.75, 3.05) is 25.1 Å². The molecule has 0 spiro atoms. The summed E-state index contributed by atoms with van der Waals surface area (Å²) in [6, 6.07) is 18.6. The van der Waals surface area contributed by atoms with Gasteiger partial charge >= 0.3 is 0 Å². The third-order valence-electron chi connectivity index (χ3n) is 5.25. The van der Waals surface area contributed by atoms with Gasteiger partial charge in [-0.3, -0.25) is 9.59 Å². The number of nitrogens with zero attached hydrogens (tertiary/aromatic N) is 1. The zero-order chi connectivity index (χ0) is 26.6. The van der Waals surface area contributed by atoms with Gasteiger partial charge in [0, 0.05) is 5.69 Å². The number of carbonyl (C=O) groups excluding carboxylic acids is 2. The molecule has 0 unspecified atom stereocenters. The Hall–Kier alpha value is -4.33. The lowest BCUT2D eigenvalue weighted by molar-refractivity contribution is -0.123. The highest BCUT2D eigenvalue weighted by molar-refractivity contribution is 5.92. The Morgan fingerprint density at radius 1 is 0.811 bits per heavy atom. The molecule has 0 heterocycles. The lowest BCUT2D eigenvalue weighted by Gasteiger charge is -2.13. The summed E-state index contributed by atoms with van der Waals surface area (Å²) in [5.74, 6) is 0.898. The van der Waals surface area contributed by atoms with Crippen LogP contribution in [0.25, 0.3) is 0 Å². The van der Waals surface area contributed by atoms with Gasteiger partial charge in [0.05, 0.1) is 12.8 Å². The number of hydrogen-bond donors (Lipinski definition) is 2. The van der Waals surface area contributed by atoms with Crippen molar-refractivity contribution < 1.29 is 23.8 Å². The molecular weight excluding hydrogens is 470 g/mol. The van der Waals surface area contributed by atoms with Crippen molar-refractivity contribution in [3.8, 4) is 17.2 Å². The van der Waals surface area contributed by atoms with Crippen LogP contribution in [0.1, 0.15) is 36.1 Å². The van der Waals surface area contributed by atoms with E-state index < -0.39 is 0 Å². The first-order valence-electron chi connectivity index (χ1n) is 12.2. The highest BCUT2D eigenvalue weighted by Crippen LogP contribution is 2.28. The zero-order valence-electron chi connectivity index (χ0n) is 21.7. The summed E-state index contributed by atoms with van der Waals surface area (Å²) in [4.78, 5) is 24.4. The van der Waals surface area contributed by atoms with E-state index in [-0.39, 0.29) is 25.0 Å². The average Bonchev–Trinajstić information content (AvgIpc) is 2.88. The normalized spacial score (nSPS) is 10.7. The zero-order valence-corrected chi connectivity index (χ0v) is 21.7. The summed E-state index contributed by atoms with van der Waals surface area (Å²) in [6.45, 7) is 7.99. The first-order valence-corrected chi connectivity index (χ1v) is 12.2. The summed E-state index contributed by atoms with van der Waals surface area (Å²) in [7, 11) is 0. The van der Waals surface area contributed by atoms with Gasteiger partial charge in [-0.1, -0.05) is 30.7 Å². The van der Waals surface area contributed by atoms with E-state index in [0.717, 1.165) is 23.1 Å². The molecule has 3 aromatic carbocycles. The minimum absolute atomic E-state index is 0.147. The highest BCUT2D eigenvalue weighted by atomic mass is 16.5. The number of rotatable bonds is 12. The van der Waals surface area contributed by atoms with Gasteiger partial charge < -0.3 is 19.5 Å². The van der Waals surface area contributed by atoms with E-state index in [0.29, 0.717) is 35.1 Å². The Morgan fingerprint density at radius 2 is 1.57 bits per heavy atom. The number of amides is 2. The smallest absolute Gasteiger partial charge is 0.277 e. The molecule has 8 heteroatoms. The summed E-state index contributed by atoms with van der Waals surface area (Å²) in [6.07, 6.45) is 2.39. The molecule has 37 heavy (non-hydrogen) atoms. The van der Waals surface area contributed by atoms with E-state index in [2.05, 4.69) is 28.8 Å². The Balaban J connectivity index is 1.52. The first kappa shape index (κ1) is 27.3. The largest absolute Gasteiger partial charge is 0.490 e. The molecule has 0 aliphatic carbocycles. The van der Waals surface area contributed by atoms with Crippen molar-refractivity contribution in [3.63, 3.8) is 0 Å². The predicted octanol–water partition coefficient (Wildman–Crippen LogP) is 4.81. The van der Waals surface area contributed by atoms with Crippen LogP contribution in [-0.4, -0.2) is 37.8 Å². The Morgan fingerprint density at radius 3 is 2.30 bits per heavy atom. The molecule has 0 saturated heterocycles. The molecule has 3 aromatic rings. The lowest BCUT2D eigenvalue weighted by atomic mass is 10.1. The standard InChI is InChI=1S/C29H33N3O5/c1-5-22-13-21(4)14-25(15-22)36-19-29(34)32-30-17-23-9-12-26(27(16-23)35-6-2)37-18-28(33)31-24-10-7-20(3)8-11-24/h7-17H,5-6,18-19H2,1-4H3,(H,31,33)(H,32,34)/b30-17+. The fraction of sp³-hybridized carbons (Fsp3) is 0.276. The number of nitrogens with one attached hydrogen (secondary N) is 2. The topological polar surface area (TPSA) is 98.2 Å². The summed E-state index contributed by atoms with van der Waals surface area (Å²) in [5, 5.41) is 6.79. The number of anilines is 1. The van der Waals surface area contributed by atoms with Crippen LogP contribution in [0.15, 0.2) is 65.8 Å². The number of aryl methyl sites for hydroxylation is 3. The molecular formula is C29H33N3O5. The number of benzene rings is 3. The Kier molecular flexibility index (Phi) is 10.1. The van der Waals surface area contributed by atoms with Crippen molar-refractivity contribution in [2.24, 2.45) is 5.10 Å². The second kappa shape index (κ2) is 13.7. The second-order valence-electron chi connectivity index (χ2n) is 8.43. The minimum atomic E-state index is -0.375. The van der Waals surface area contributed by atoms with Crippen molar-refractivity contribution in [3.05, 3.63) is 82.9 Å². The van der Waals surface area contributed by atoms with Crippen molar-refractivity contribution >= 4 is 23.7 Å². The van der Waals surface area contributed by atoms with Crippen LogP contribution < -0.4 is 25.0 Å². The quantitative estimate of drug-likeness (QED) is 0.273. The molecule has 0 bridgehead atoms. The molecule has 3 rings (SSSR count). The maximum atomic E-state index is 12.3. The molecule has 2 N–H and O–H groups in total. The van der Waals surface area contributed by atoms with Crippen molar-refractivity contribution in [1.82, 2.24) is 5.43 Å². The second-order valence-corrected chi connectivity index (χ2v) is 8.43. The fourth-order valence-corrected chi connectivity index (χ4v) is 3.44. The predicted molar refractivity (Wildman–Crippen MR) is 145 cm³/mol. The van der Waals surface area contributed by atoms with Crippen LogP contribution in [0.4, 0.5) is 5.69 Å². The van der Waals surface area contributed by atoms with Gasteiger partial charge in [-0.2, -0.15) is 5.10 Å². The number of hydrazone groups is 1. The monoisotopic (exact) mass is 503 g/mol. The van der Waals surface area contributed by atoms with Crippen LogP contribution in [0, 0.1) is 13.8 Å². The van der Waals surface area contributed by atoms with Gasteiger partial charge in [0.1, 0.15) is 5.75 Å². The van der Waals surface area contributed by atoms with Crippen LogP contribution in [0.5, 0.6) is 17.2 Å². The van der Waals surface area contributed by atoms with Gasteiger partial charge in [-0.05, 0) is 86.3 Å². The molecule has 0 atom stereocenters. The Bertz CT molecular complexity index is 1240. The highest BCUT2D eigenvalue weighted by Gasteiger charge is 2.10. The van der Waals surface area contributed by atoms with E-state index in [9.17, 15) is 9.59 Å². The van der Waals surface area contributed by atoms with E-state index in [4.69, 9.17) is 14.2 Å². The maximum absolute atomic E-state index is 12.3. The van der Waals surface area contributed by atoms with Crippen LogP contribution >= 0.6 is 0 Å². The van der Waals surface area contributed by atoms with Crippen LogP contribution in [-0.2, 0) is 16.0 Å². The van der Waals surface area contributed by atoms with Gasteiger partial charge in [0.15, 0.2) is 24.7 Å². The molecule has 0 aliphatic rings. The van der Waals surface area contributed by atoms with E-state index >= 15 is 0 Å². The van der Waals surface area contributed by atoms with E-state index in [1.165, 1.54) is 6.21 Å². The molecule has 0 aromatic heterocycles. The fourth-order valence-electron chi connectivity index (χ4n) is 3.44. The summed E-state index contributed by atoms with van der Waals surface area (Å²) < 4.78 is 16.9. The SMILES string of the molecule is CCOc1cc(/C=N/NC(=O)COc2cc(C)cc(CC)c2)ccc1OCC(=O)Nc1ccc(C)cc1. The first-order chi connectivity index (χ1) is 17.9. The number of ether oxygens (including phenoxy) is 3. The summed E-state index contributed by atoms with van der Waals surface area (Å²) >= 11 is 0. The lowest BCUT2D eigenvalue weighted by Crippen LogP contribution is -2.24. The maximum Gasteiger partial charge on any atom is 0.277 e. The van der Waals surface area contributed by atoms with E-state index in [1.54, 1.807) is 18.2 Å². The van der Waals surface area contributed by atoms with Gasteiger partial charge in [0.2, 0.25) is 0 Å².